The Hall–Kier alpha value is -1.51. The van der Waals surface area contributed by atoms with Gasteiger partial charge < -0.3 is 10.5 Å². The first-order valence-corrected chi connectivity index (χ1v) is 6.07. The average molecular weight is 235 g/mol. The summed E-state index contributed by atoms with van der Waals surface area (Å²) in [5.41, 5.74) is 7.88. The number of anilines is 1. The van der Waals surface area contributed by atoms with E-state index in [0.717, 1.165) is 18.4 Å². The molecule has 1 unspecified atom stereocenters. The van der Waals surface area contributed by atoms with Crippen molar-refractivity contribution in [3.63, 3.8) is 0 Å². The van der Waals surface area contributed by atoms with Crippen molar-refractivity contribution in [1.29, 1.82) is 0 Å². The molecular formula is C14H21NO2. The lowest BCUT2D eigenvalue weighted by Crippen LogP contribution is -2.12. The summed E-state index contributed by atoms with van der Waals surface area (Å²) in [6.45, 7) is 6.59. The highest BCUT2D eigenvalue weighted by molar-refractivity contribution is 5.90. The molecule has 0 aliphatic heterocycles. The van der Waals surface area contributed by atoms with Crippen LogP contribution >= 0.6 is 0 Å². The molecule has 2 N–H and O–H groups in total. The molecule has 0 spiro atoms. The van der Waals surface area contributed by atoms with E-state index in [4.69, 9.17) is 10.5 Å². The maximum atomic E-state index is 11.7. The smallest absolute Gasteiger partial charge is 0.338 e. The minimum atomic E-state index is -0.292. The van der Waals surface area contributed by atoms with Gasteiger partial charge in [0, 0.05) is 5.69 Å². The number of carbonyl (C=O) groups excluding carboxylic acids is 1. The van der Waals surface area contributed by atoms with Gasteiger partial charge in [-0.2, -0.15) is 0 Å². The van der Waals surface area contributed by atoms with Crippen molar-refractivity contribution in [2.24, 2.45) is 5.92 Å². The molecule has 94 valence electrons. The van der Waals surface area contributed by atoms with Gasteiger partial charge in [0.1, 0.15) is 0 Å². The van der Waals surface area contributed by atoms with Crippen molar-refractivity contribution < 1.29 is 9.53 Å². The van der Waals surface area contributed by atoms with Crippen molar-refractivity contribution in [2.75, 3.05) is 12.3 Å². The maximum Gasteiger partial charge on any atom is 0.338 e. The number of carbonyl (C=O) groups is 1. The summed E-state index contributed by atoms with van der Waals surface area (Å²) in [5.74, 6) is 0.117. The fourth-order valence-corrected chi connectivity index (χ4v) is 1.64. The van der Waals surface area contributed by atoms with Gasteiger partial charge in [-0.05, 0) is 37.0 Å². The lowest BCUT2D eigenvalue weighted by Gasteiger charge is -2.11. The van der Waals surface area contributed by atoms with Gasteiger partial charge in [-0.25, -0.2) is 4.79 Å². The summed E-state index contributed by atoms with van der Waals surface area (Å²) in [6, 6.07) is 5.25. The Morgan fingerprint density at radius 3 is 2.76 bits per heavy atom. The minimum absolute atomic E-state index is 0.292. The molecule has 0 amide bonds. The van der Waals surface area contributed by atoms with Gasteiger partial charge in [0.2, 0.25) is 0 Å². The second kappa shape index (κ2) is 6.28. The Kier molecular flexibility index (Phi) is 5.01. The van der Waals surface area contributed by atoms with Crippen LogP contribution in [0.3, 0.4) is 0 Å². The number of nitrogens with two attached hydrogens (primary N) is 1. The molecule has 1 rings (SSSR count). The topological polar surface area (TPSA) is 52.3 Å². The SMILES string of the molecule is CCCC(C)COC(=O)c1ccc(C)c(N)c1. The molecule has 0 saturated heterocycles. The van der Waals surface area contributed by atoms with Crippen molar-refractivity contribution in [3.8, 4) is 0 Å². The third-order valence-corrected chi connectivity index (χ3v) is 2.80. The van der Waals surface area contributed by atoms with E-state index in [1.54, 1.807) is 12.1 Å². The van der Waals surface area contributed by atoms with E-state index in [9.17, 15) is 4.79 Å². The minimum Gasteiger partial charge on any atom is -0.462 e. The Bertz CT molecular complexity index is 388. The van der Waals surface area contributed by atoms with Gasteiger partial charge in [0.15, 0.2) is 0 Å². The van der Waals surface area contributed by atoms with Crippen LogP contribution in [0.1, 0.15) is 42.6 Å². The van der Waals surface area contributed by atoms with E-state index < -0.39 is 0 Å². The first-order chi connectivity index (χ1) is 8.04. The molecule has 0 saturated carbocycles. The number of benzene rings is 1. The highest BCUT2D eigenvalue weighted by Crippen LogP contribution is 2.14. The van der Waals surface area contributed by atoms with Crippen LogP contribution < -0.4 is 5.73 Å². The van der Waals surface area contributed by atoms with E-state index in [1.165, 1.54) is 0 Å². The Balaban J connectivity index is 2.55. The largest absolute Gasteiger partial charge is 0.462 e. The number of nitrogen functional groups attached to an aromatic ring is 1. The van der Waals surface area contributed by atoms with Crippen molar-refractivity contribution in [2.45, 2.75) is 33.6 Å². The third kappa shape index (κ3) is 4.10. The number of aryl methyl sites for hydroxylation is 1. The molecular weight excluding hydrogens is 214 g/mol. The second-order valence-electron chi connectivity index (χ2n) is 4.56. The van der Waals surface area contributed by atoms with Gasteiger partial charge in [0.05, 0.1) is 12.2 Å². The molecule has 0 aromatic heterocycles. The van der Waals surface area contributed by atoms with Crippen molar-refractivity contribution >= 4 is 11.7 Å². The number of rotatable bonds is 5. The zero-order valence-corrected chi connectivity index (χ0v) is 10.8. The quantitative estimate of drug-likeness (QED) is 0.630. The molecule has 0 aliphatic carbocycles. The fourth-order valence-electron chi connectivity index (χ4n) is 1.64. The van der Waals surface area contributed by atoms with Crippen LogP contribution in [0, 0.1) is 12.8 Å². The first kappa shape index (κ1) is 13.6. The summed E-state index contributed by atoms with van der Waals surface area (Å²) < 4.78 is 5.24. The average Bonchev–Trinajstić information content (AvgIpc) is 2.30. The maximum absolute atomic E-state index is 11.7. The Morgan fingerprint density at radius 2 is 2.18 bits per heavy atom. The normalized spacial score (nSPS) is 12.2. The zero-order valence-electron chi connectivity index (χ0n) is 10.8. The van der Waals surface area contributed by atoms with Gasteiger partial charge in [-0.1, -0.05) is 26.3 Å². The molecule has 17 heavy (non-hydrogen) atoms. The van der Waals surface area contributed by atoms with Crippen molar-refractivity contribution in [3.05, 3.63) is 29.3 Å². The molecule has 3 nitrogen and oxygen atoms in total. The summed E-state index contributed by atoms with van der Waals surface area (Å²) in [5, 5.41) is 0. The first-order valence-electron chi connectivity index (χ1n) is 6.07. The molecule has 0 fully saturated rings. The molecule has 3 heteroatoms. The standard InChI is InChI=1S/C14H21NO2/c1-4-5-10(2)9-17-14(16)12-7-6-11(3)13(15)8-12/h6-8,10H,4-5,9,15H2,1-3H3. The number of ether oxygens (including phenoxy) is 1. The van der Waals surface area contributed by atoms with E-state index in [1.807, 2.05) is 13.0 Å². The van der Waals surface area contributed by atoms with Gasteiger partial charge >= 0.3 is 5.97 Å². The molecule has 0 bridgehead atoms. The number of hydrogen-bond donors (Lipinski definition) is 1. The third-order valence-electron chi connectivity index (χ3n) is 2.80. The predicted octanol–water partition coefficient (Wildman–Crippen LogP) is 3.17. The Morgan fingerprint density at radius 1 is 1.47 bits per heavy atom. The van der Waals surface area contributed by atoms with Crippen LogP contribution in [0.4, 0.5) is 5.69 Å². The van der Waals surface area contributed by atoms with Crippen molar-refractivity contribution in [1.82, 2.24) is 0 Å². The Labute approximate surface area is 103 Å². The summed E-state index contributed by atoms with van der Waals surface area (Å²) in [6.07, 6.45) is 2.18. The van der Waals surface area contributed by atoms with Crippen LogP contribution in [-0.4, -0.2) is 12.6 Å². The van der Waals surface area contributed by atoms with Crippen LogP contribution in [0.25, 0.3) is 0 Å². The highest BCUT2D eigenvalue weighted by atomic mass is 16.5. The molecule has 1 aromatic carbocycles. The molecule has 0 aliphatic rings. The van der Waals surface area contributed by atoms with Crippen LogP contribution in [0.15, 0.2) is 18.2 Å². The second-order valence-corrected chi connectivity index (χ2v) is 4.56. The molecule has 0 heterocycles. The van der Waals surface area contributed by atoms with Crippen LogP contribution in [0.5, 0.6) is 0 Å². The highest BCUT2D eigenvalue weighted by Gasteiger charge is 2.10. The fraction of sp³-hybridized carbons (Fsp3) is 0.500. The van der Waals surface area contributed by atoms with Gasteiger partial charge in [0.25, 0.3) is 0 Å². The van der Waals surface area contributed by atoms with Gasteiger partial charge in [-0.3, -0.25) is 0 Å². The summed E-state index contributed by atoms with van der Waals surface area (Å²) in [4.78, 5) is 11.7. The molecule has 0 radical (unpaired) electrons. The van der Waals surface area contributed by atoms with E-state index >= 15 is 0 Å². The zero-order chi connectivity index (χ0) is 12.8. The molecule has 1 aromatic rings. The lowest BCUT2D eigenvalue weighted by molar-refractivity contribution is 0.0443. The monoisotopic (exact) mass is 235 g/mol. The number of esters is 1. The van der Waals surface area contributed by atoms with Crippen LogP contribution in [-0.2, 0) is 4.74 Å². The molecule has 1 atom stereocenters. The van der Waals surface area contributed by atoms with Crippen LogP contribution in [0.2, 0.25) is 0 Å². The number of hydrogen-bond acceptors (Lipinski definition) is 3. The van der Waals surface area contributed by atoms with E-state index in [-0.39, 0.29) is 5.97 Å². The summed E-state index contributed by atoms with van der Waals surface area (Å²) in [7, 11) is 0. The van der Waals surface area contributed by atoms with Gasteiger partial charge in [-0.15, -0.1) is 0 Å². The van der Waals surface area contributed by atoms with E-state index in [2.05, 4.69) is 13.8 Å². The van der Waals surface area contributed by atoms with E-state index in [0.29, 0.717) is 23.8 Å². The lowest BCUT2D eigenvalue weighted by atomic mass is 10.1. The predicted molar refractivity (Wildman–Crippen MR) is 69.9 cm³/mol. The summed E-state index contributed by atoms with van der Waals surface area (Å²) >= 11 is 0.